The predicted octanol–water partition coefficient (Wildman–Crippen LogP) is 17.6. The molecule has 3 aromatic heterocycles. The number of aryl methyl sites for hydroxylation is 1. The van der Waals surface area contributed by atoms with Crippen LogP contribution in [0.5, 0.6) is 11.5 Å². The van der Waals surface area contributed by atoms with Gasteiger partial charge in [-0.3, -0.25) is 13.7 Å². The van der Waals surface area contributed by atoms with E-state index in [2.05, 4.69) is 6.33 Å². The highest BCUT2D eigenvalue weighted by molar-refractivity contribution is 7.20. The van der Waals surface area contributed by atoms with Crippen molar-refractivity contribution in [3.8, 4) is 73.2 Å². The summed E-state index contributed by atoms with van der Waals surface area (Å²) in [7, 11) is -5.98. The topological polar surface area (TPSA) is 35.9 Å². The van der Waals surface area contributed by atoms with Gasteiger partial charge in [-0.1, -0.05) is 263 Å². The molecule has 0 saturated carbocycles. The minimum absolute atomic E-state index is 0.0172. The summed E-state index contributed by atoms with van der Waals surface area (Å²) >= 11 is 0. The summed E-state index contributed by atoms with van der Waals surface area (Å²) in [5.41, 5.74) is -4.86. The van der Waals surface area contributed by atoms with Gasteiger partial charge in [-0.25, -0.2) is 4.98 Å². The minimum Gasteiger partial charge on any atom is -0.458 e. The van der Waals surface area contributed by atoms with Crippen molar-refractivity contribution in [1.29, 1.82) is 0 Å². The lowest BCUT2D eigenvalue weighted by atomic mass is 9.82. The molecule has 5 nitrogen and oxygen atoms in total. The summed E-state index contributed by atoms with van der Waals surface area (Å²) in [5.74, 6) is 0.156. The zero-order valence-electron chi connectivity index (χ0n) is 83.2. The Bertz CT molecular complexity index is 6860. The Morgan fingerprint density at radius 1 is 0.472 bits per heavy atom. The van der Waals surface area contributed by atoms with Crippen molar-refractivity contribution < 1.29 is 58.7 Å². The summed E-state index contributed by atoms with van der Waals surface area (Å²) in [6.45, 7) is 2.34. The highest BCUT2D eigenvalue weighted by atomic mass is 28.3. The van der Waals surface area contributed by atoms with Crippen LogP contribution in [0.4, 0.5) is 0 Å². The smallest absolute Gasteiger partial charge is 0.269 e. The van der Waals surface area contributed by atoms with Gasteiger partial charge < -0.3 is 4.74 Å². The third-order valence-corrected chi connectivity index (χ3v) is 19.3. The molecular formula is C83H64N4OSi. The van der Waals surface area contributed by atoms with E-state index in [0.717, 1.165) is 6.20 Å². The van der Waals surface area contributed by atoms with Crippen molar-refractivity contribution in [3.05, 3.63) is 332 Å². The zero-order chi connectivity index (χ0) is 91.3. The standard InChI is InChI=1S/C83H64N4OSi/c1-58-49-81(84-56-75(58)61-31-15-7-16-32-61)87-77-44-24-23-41-73(77)74-47-45-67(54-79(74)87)88-66-34-25-33-65(53-66)85-57-86(78-48-46-71(55-80(78)85)89(68-35-17-8-18-36-68,69-37-19-9-20-38-69)70-39-21-10-22-40-70)82-72(42-26-43-76(82)83(2,3)4)64-51-62(59-27-11-5-12-28-59)50-63(52-64)60-29-13-6-14-30-60/h5-56H,1-4H3/i1D3,5D,6D,7D,8D,9D,10D,11D,12D,13D,14D,15D,16D,17D,18D,19D,20D,21D,22D,27D,28D,29D,30D,31D,32D,35D,36D,37D,38D,39D,40D,50D,51D,52D. The molecule has 89 heavy (non-hydrogen) atoms. The van der Waals surface area contributed by atoms with E-state index in [1.165, 1.54) is 63.7 Å². The molecule has 0 saturated heterocycles. The van der Waals surface area contributed by atoms with Crippen molar-refractivity contribution in [3.63, 3.8) is 0 Å². The van der Waals surface area contributed by atoms with Gasteiger partial charge in [0.2, 0.25) is 0 Å². The summed E-state index contributed by atoms with van der Waals surface area (Å²) in [4.78, 5) is 4.70. The van der Waals surface area contributed by atoms with Crippen LogP contribution in [-0.2, 0) is 5.41 Å². The molecule has 0 aliphatic heterocycles. The first-order valence-electron chi connectivity index (χ1n) is 45.6. The van der Waals surface area contributed by atoms with E-state index >= 15 is 0 Å². The number of rotatable bonds is 13. The Kier molecular flexibility index (Phi) is 7.22. The summed E-state index contributed by atoms with van der Waals surface area (Å²) < 4.78 is 343. The van der Waals surface area contributed by atoms with Gasteiger partial charge in [0.05, 0.1) is 78.7 Å². The van der Waals surface area contributed by atoms with E-state index in [4.69, 9.17) is 33.0 Å². The van der Waals surface area contributed by atoms with Crippen LogP contribution in [0.15, 0.2) is 315 Å². The number of benzene rings is 12. The van der Waals surface area contributed by atoms with Crippen molar-refractivity contribution in [2.75, 3.05) is 0 Å². The highest BCUT2D eigenvalue weighted by Gasteiger charge is 2.42. The molecule has 15 aromatic rings. The maximum Gasteiger partial charge on any atom is 0.269 e. The molecule has 0 radical (unpaired) electrons. The molecule has 0 aliphatic carbocycles. The highest BCUT2D eigenvalue weighted by Crippen LogP contribution is 2.40. The van der Waals surface area contributed by atoms with E-state index < -0.39 is 274 Å². The second kappa shape index (κ2) is 22.7. The van der Waals surface area contributed by atoms with Gasteiger partial charge in [0.25, 0.3) is 6.33 Å². The third-order valence-electron chi connectivity index (χ3n) is 15.1. The summed E-state index contributed by atoms with van der Waals surface area (Å²) in [6, 6.07) is -3.16. The maximum absolute atomic E-state index is 10.4. The van der Waals surface area contributed by atoms with Crippen LogP contribution in [0.1, 0.15) is 81.2 Å². The van der Waals surface area contributed by atoms with Gasteiger partial charge in [-0.15, -0.1) is 0 Å². The van der Waals surface area contributed by atoms with Crippen LogP contribution in [0.2, 0.25) is 0 Å². The van der Waals surface area contributed by atoms with Gasteiger partial charge in [-0.2, -0.15) is 0 Å². The molecule has 0 bridgehead atoms. The molecule has 0 fully saturated rings. The molecule has 0 amide bonds. The van der Waals surface area contributed by atoms with E-state index in [1.54, 1.807) is 73.9 Å². The molecule has 6 heteroatoms. The number of ether oxygens (including phenoxy) is 1. The van der Waals surface area contributed by atoms with Crippen molar-refractivity contribution in [2.45, 2.75) is 33.0 Å². The molecule has 0 spiro atoms. The molecule has 426 valence electrons. The van der Waals surface area contributed by atoms with Crippen LogP contribution in [0.25, 0.3) is 94.5 Å². The van der Waals surface area contributed by atoms with Crippen molar-refractivity contribution >= 4 is 61.7 Å². The van der Waals surface area contributed by atoms with Crippen LogP contribution < -0.4 is 30.1 Å². The molecule has 3 heterocycles. The van der Waals surface area contributed by atoms with Crippen molar-refractivity contribution in [2.24, 2.45) is 0 Å². The van der Waals surface area contributed by atoms with E-state index in [9.17, 15) is 26.0 Å². The predicted molar refractivity (Wildman–Crippen MR) is 371 cm³/mol. The van der Waals surface area contributed by atoms with Crippen LogP contribution in [0.3, 0.4) is 0 Å². The minimum atomic E-state index is -5.98. The molecule has 0 aliphatic rings. The molecule has 0 atom stereocenters. The second-order valence-electron chi connectivity index (χ2n) is 21.4. The fourth-order valence-corrected chi connectivity index (χ4v) is 15.1. The van der Waals surface area contributed by atoms with Crippen LogP contribution in [0, 0.1) is 13.2 Å². The number of pyridine rings is 1. The SMILES string of the molecule is [2H]c1c([2H])c([2H])c(-c2cnc(-n3c4ccccc4c4ccc(Oc5cccc(-n6[c-][n+](-c7c(-c8c([2H])c(-c9c([2H])c([2H])c([2H])c([2H])c9[2H])c([2H])c(-c9c([2H])c([2H])c([2H])c([2H])c9[2H])c8[2H])cccc7C(C)(C)C)c7ccc([Si](c8c([2H])c([2H])c([2H])c([2H])c8[2H])(c8c([2H])c([2H])c([2H])c([2H])c8[2H])c8c([2H])c([2H])c([2H])c([2H])c8[2H])cc76)c5)cc43)cc2C([2H])([2H])[2H])c([2H])c1[2H]. The average Bonchev–Trinajstić information content (AvgIpc) is 1.36. The first-order valence-corrected chi connectivity index (χ1v) is 29.6. The van der Waals surface area contributed by atoms with E-state index in [-0.39, 0.29) is 56.0 Å². The Morgan fingerprint density at radius 3 is 1.65 bits per heavy atom. The first kappa shape index (κ1) is 28.3. The lowest BCUT2D eigenvalue weighted by Crippen LogP contribution is -2.74. The monoisotopic (exact) mass is 1200 g/mol. The molecule has 12 aromatic carbocycles. The number of aromatic nitrogens is 4. The van der Waals surface area contributed by atoms with Crippen molar-refractivity contribution in [1.82, 2.24) is 14.1 Å². The molecule has 0 unspecified atom stereocenters. The van der Waals surface area contributed by atoms with Gasteiger partial charge in [0, 0.05) is 32.7 Å². The second-order valence-corrected chi connectivity index (χ2v) is 25.0. The number of fused-ring (bicyclic) bond motifs is 4. The van der Waals surface area contributed by atoms with Crippen LogP contribution >= 0.6 is 0 Å². The number of para-hydroxylation sites is 2. The maximum atomic E-state index is 10.4. The Labute approximate surface area is 571 Å². The quantitative estimate of drug-likeness (QED) is 0.0499. The fourth-order valence-electron chi connectivity index (χ4n) is 11.2. The summed E-state index contributed by atoms with van der Waals surface area (Å²) in [6.07, 6.45) is 4.53. The zero-order valence-corrected chi connectivity index (χ0v) is 48.2. The number of nitrogens with zero attached hydrogens (tertiary/aromatic N) is 4. The Hall–Kier alpha value is -10.9. The molecule has 0 N–H and O–H groups in total. The number of imidazole rings is 1. The lowest BCUT2D eigenvalue weighted by molar-refractivity contribution is -0.572. The third kappa shape index (κ3) is 9.94. The summed E-state index contributed by atoms with van der Waals surface area (Å²) in [5, 5.41) is -1.65. The first-order chi connectivity index (χ1) is 58.6. The number of hydrogen-bond acceptors (Lipinski definition) is 2. The normalized spacial score (nSPS) is 17.7. The van der Waals surface area contributed by atoms with Gasteiger partial charge in [0.15, 0.2) is 8.07 Å². The van der Waals surface area contributed by atoms with Gasteiger partial charge in [0.1, 0.15) is 17.3 Å². The molecular weight excluding hydrogens is 1100 g/mol. The average molecular weight is 1200 g/mol. The Balaban J connectivity index is 1.07. The van der Waals surface area contributed by atoms with E-state index in [1.807, 2.05) is 6.07 Å². The molecule has 15 rings (SSSR count). The lowest BCUT2D eigenvalue weighted by Gasteiger charge is -2.34. The fraction of sp³-hybridized carbons (Fsp3) is 0.0602. The van der Waals surface area contributed by atoms with Gasteiger partial charge >= 0.3 is 0 Å². The largest absolute Gasteiger partial charge is 0.458 e. The van der Waals surface area contributed by atoms with Gasteiger partial charge in [-0.05, 0) is 144 Å². The van der Waals surface area contributed by atoms with E-state index in [0.29, 0.717) is 27.4 Å². The Morgan fingerprint density at radius 2 is 1.03 bits per heavy atom. The number of hydrogen-bond donors (Lipinski definition) is 0. The van der Waals surface area contributed by atoms with Crippen LogP contribution in [-0.4, -0.2) is 22.2 Å².